The van der Waals surface area contributed by atoms with Crippen molar-refractivity contribution in [3.8, 4) is 0 Å². The molecule has 0 bridgehead atoms. The average molecular weight is 414 g/mol. The first-order chi connectivity index (χ1) is 12.0. The Morgan fingerprint density at radius 1 is 1.08 bits per heavy atom. The topological polar surface area (TPSA) is 34.9 Å². The summed E-state index contributed by atoms with van der Waals surface area (Å²) in [5.41, 5.74) is 1.59. The molecule has 0 saturated heterocycles. The van der Waals surface area contributed by atoms with Crippen LogP contribution in [0.5, 0.6) is 0 Å². The number of aromatic nitrogens is 2. The predicted molar refractivity (Wildman–Crippen MR) is 107 cm³/mol. The molecule has 0 amide bonds. The van der Waals surface area contributed by atoms with Gasteiger partial charge in [0.2, 0.25) is 0 Å². The Bertz CT molecular complexity index is 988. The van der Waals surface area contributed by atoms with Gasteiger partial charge < -0.3 is 0 Å². The zero-order valence-electron chi connectivity index (χ0n) is 13.4. The molecule has 1 heterocycles. The van der Waals surface area contributed by atoms with Crippen molar-refractivity contribution in [3.63, 3.8) is 0 Å². The van der Waals surface area contributed by atoms with Gasteiger partial charge in [-0.2, -0.15) is 0 Å². The molecule has 2 aromatic carbocycles. The zero-order chi connectivity index (χ0) is 18.0. The van der Waals surface area contributed by atoms with Gasteiger partial charge in [-0.25, -0.2) is 4.98 Å². The zero-order valence-corrected chi connectivity index (χ0v) is 16.5. The highest BCUT2D eigenvalue weighted by Gasteiger charge is 2.12. The van der Waals surface area contributed by atoms with E-state index in [0.717, 1.165) is 12.0 Å². The first kappa shape index (κ1) is 18.6. The van der Waals surface area contributed by atoms with Crippen LogP contribution in [0.4, 0.5) is 0 Å². The third kappa shape index (κ3) is 4.14. The van der Waals surface area contributed by atoms with Crippen LogP contribution in [0.25, 0.3) is 10.9 Å². The van der Waals surface area contributed by atoms with Gasteiger partial charge in [-0.3, -0.25) is 9.36 Å². The maximum absolute atomic E-state index is 12.8. The lowest BCUT2D eigenvalue weighted by Crippen LogP contribution is -2.23. The molecule has 0 unspecified atom stereocenters. The minimum absolute atomic E-state index is 0.0415. The van der Waals surface area contributed by atoms with E-state index in [1.807, 2.05) is 19.1 Å². The fourth-order valence-electron chi connectivity index (χ4n) is 2.48. The van der Waals surface area contributed by atoms with Crippen LogP contribution in [-0.2, 0) is 12.3 Å². The lowest BCUT2D eigenvalue weighted by atomic mass is 10.2. The van der Waals surface area contributed by atoms with Crippen LogP contribution in [0.2, 0.25) is 15.1 Å². The second-order valence-corrected chi connectivity index (χ2v) is 7.74. The SMILES string of the molecule is CCCn1c(SCc2ccc(Cl)c(Cl)c2)nc2cc(Cl)ccc2c1=O. The number of fused-ring (bicyclic) bond motifs is 1. The summed E-state index contributed by atoms with van der Waals surface area (Å²) >= 11 is 19.6. The van der Waals surface area contributed by atoms with E-state index in [1.54, 1.807) is 28.8 Å². The molecular formula is C18H15Cl3N2OS. The van der Waals surface area contributed by atoms with Crippen molar-refractivity contribution >= 4 is 57.5 Å². The fraction of sp³-hybridized carbons (Fsp3) is 0.222. The molecule has 7 heteroatoms. The van der Waals surface area contributed by atoms with Crippen molar-refractivity contribution in [1.82, 2.24) is 9.55 Å². The summed E-state index contributed by atoms with van der Waals surface area (Å²) in [6.45, 7) is 2.65. The van der Waals surface area contributed by atoms with E-state index in [-0.39, 0.29) is 5.56 Å². The van der Waals surface area contributed by atoms with Gasteiger partial charge in [0.05, 0.1) is 20.9 Å². The van der Waals surface area contributed by atoms with E-state index in [1.165, 1.54) is 11.8 Å². The molecule has 0 N–H and O–H groups in total. The number of hydrogen-bond donors (Lipinski definition) is 0. The lowest BCUT2D eigenvalue weighted by Gasteiger charge is -2.12. The van der Waals surface area contributed by atoms with Crippen LogP contribution in [0.3, 0.4) is 0 Å². The Morgan fingerprint density at radius 2 is 1.88 bits per heavy atom. The maximum atomic E-state index is 12.8. The van der Waals surface area contributed by atoms with Crippen molar-refractivity contribution in [2.45, 2.75) is 30.8 Å². The highest BCUT2D eigenvalue weighted by atomic mass is 35.5. The average Bonchev–Trinajstić information content (AvgIpc) is 2.58. The third-order valence-electron chi connectivity index (χ3n) is 3.68. The van der Waals surface area contributed by atoms with E-state index in [9.17, 15) is 4.79 Å². The molecule has 0 atom stereocenters. The van der Waals surface area contributed by atoms with Gasteiger partial charge in [-0.1, -0.05) is 59.6 Å². The quantitative estimate of drug-likeness (QED) is 0.377. The van der Waals surface area contributed by atoms with Crippen LogP contribution < -0.4 is 5.56 Å². The van der Waals surface area contributed by atoms with Crippen LogP contribution in [0, 0.1) is 0 Å². The van der Waals surface area contributed by atoms with E-state index >= 15 is 0 Å². The van der Waals surface area contributed by atoms with Crippen LogP contribution >= 0.6 is 46.6 Å². The van der Waals surface area contributed by atoms with Gasteiger partial charge >= 0.3 is 0 Å². The standard InChI is InChI=1S/C18H15Cl3N2OS/c1-2-7-23-17(24)13-5-4-12(19)9-16(13)22-18(23)25-10-11-3-6-14(20)15(21)8-11/h3-6,8-9H,2,7,10H2,1H3. The summed E-state index contributed by atoms with van der Waals surface area (Å²) in [4.78, 5) is 17.4. The van der Waals surface area contributed by atoms with Gasteiger partial charge in [0.25, 0.3) is 5.56 Å². The monoisotopic (exact) mass is 412 g/mol. The van der Waals surface area contributed by atoms with Gasteiger partial charge in [-0.15, -0.1) is 0 Å². The number of benzene rings is 2. The van der Waals surface area contributed by atoms with Crippen molar-refractivity contribution in [2.24, 2.45) is 0 Å². The molecule has 25 heavy (non-hydrogen) atoms. The smallest absolute Gasteiger partial charge is 0.262 e. The number of halogens is 3. The second kappa shape index (κ2) is 8.00. The largest absolute Gasteiger partial charge is 0.287 e. The van der Waals surface area contributed by atoms with Crippen molar-refractivity contribution in [1.29, 1.82) is 0 Å². The van der Waals surface area contributed by atoms with E-state index in [2.05, 4.69) is 4.98 Å². The van der Waals surface area contributed by atoms with Crippen LogP contribution in [0.15, 0.2) is 46.3 Å². The van der Waals surface area contributed by atoms with Gasteiger partial charge in [0, 0.05) is 17.3 Å². The molecule has 130 valence electrons. The summed E-state index contributed by atoms with van der Waals surface area (Å²) in [7, 11) is 0. The normalized spacial score (nSPS) is 11.2. The van der Waals surface area contributed by atoms with Crippen LogP contribution in [-0.4, -0.2) is 9.55 Å². The Morgan fingerprint density at radius 3 is 2.60 bits per heavy atom. The molecule has 3 rings (SSSR count). The molecule has 0 aliphatic heterocycles. The summed E-state index contributed by atoms with van der Waals surface area (Å²) in [5, 5.41) is 2.86. The third-order valence-corrected chi connectivity index (χ3v) is 5.70. The molecule has 0 fully saturated rings. The Balaban J connectivity index is 1.99. The molecule has 3 aromatic rings. The number of thioether (sulfide) groups is 1. The Hall–Kier alpha value is -1.20. The van der Waals surface area contributed by atoms with E-state index < -0.39 is 0 Å². The van der Waals surface area contributed by atoms with Crippen molar-refractivity contribution in [3.05, 3.63) is 67.4 Å². The molecule has 0 radical (unpaired) electrons. The van der Waals surface area contributed by atoms with Gasteiger partial charge in [0.1, 0.15) is 0 Å². The molecule has 1 aromatic heterocycles. The summed E-state index contributed by atoms with van der Waals surface area (Å²) < 4.78 is 1.72. The van der Waals surface area contributed by atoms with Crippen molar-refractivity contribution in [2.75, 3.05) is 0 Å². The first-order valence-electron chi connectivity index (χ1n) is 7.76. The Kier molecular flexibility index (Phi) is 5.95. The van der Waals surface area contributed by atoms with Crippen LogP contribution in [0.1, 0.15) is 18.9 Å². The van der Waals surface area contributed by atoms with E-state index in [0.29, 0.717) is 43.4 Å². The number of nitrogens with zero attached hydrogens (tertiary/aromatic N) is 2. The number of rotatable bonds is 5. The lowest BCUT2D eigenvalue weighted by molar-refractivity contribution is 0.585. The highest BCUT2D eigenvalue weighted by molar-refractivity contribution is 7.98. The maximum Gasteiger partial charge on any atom is 0.262 e. The second-order valence-electron chi connectivity index (χ2n) is 5.55. The van der Waals surface area contributed by atoms with Crippen molar-refractivity contribution < 1.29 is 0 Å². The van der Waals surface area contributed by atoms with Gasteiger partial charge in [0.15, 0.2) is 5.16 Å². The molecule has 3 nitrogen and oxygen atoms in total. The number of hydrogen-bond acceptors (Lipinski definition) is 3. The minimum atomic E-state index is -0.0415. The summed E-state index contributed by atoms with van der Waals surface area (Å²) in [6.07, 6.45) is 0.848. The predicted octanol–water partition coefficient (Wildman–Crippen LogP) is 6.06. The Labute approximate surface area is 164 Å². The molecular weight excluding hydrogens is 399 g/mol. The highest BCUT2D eigenvalue weighted by Crippen LogP contribution is 2.27. The van der Waals surface area contributed by atoms with E-state index in [4.69, 9.17) is 34.8 Å². The summed E-state index contributed by atoms with van der Waals surface area (Å²) in [6, 6.07) is 10.7. The molecule has 0 aliphatic rings. The molecule has 0 aliphatic carbocycles. The molecule has 0 saturated carbocycles. The fourth-order valence-corrected chi connectivity index (χ4v) is 3.94. The van der Waals surface area contributed by atoms with Gasteiger partial charge in [-0.05, 0) is 42.3 Å². The minimum Gasteiger partial charge on any atom is -0.287 e. The first-order valence-corrected chi connectivity index (χ1v) is 9.88. The molecule has 0 spiro atoms. The summed E-state index contributed by atoms with van der Waals surface area (Å²) in [5.74, 6) is 0.638.